The normalized spacial score (nSPS) is 9.73. The SMILES string of the molecule is C=C(C)C(=O)[O][Sn][CH2]c1ccc(I)cc1. The van der Waals surface area contributed by atoms with E-state index in [0.29, 0.717) is 5.57 Å². The first kappa shape index (κ1) is 13.0. The first-order valence-corrected chi connectivity index (χ1v) is 8.70. The number of benzene rings is 1. The van der Waals surface area contributed by atoms with E-state index in [1.54, 1.807) is 6.92 Å². The van der Waals surface area contributed by atoms with Gasteiger partial charge in [0.2, 0.25) is 0 Å². The van der Waals surface area contributed by atoms with E-state index < -0.39 is 21.6 Å². The van der Waals surface area contributed by atoms with Crippen LogP contribution in [0.25, 0.3) is 0 Å². The van der Waals surface area contributed by atoms with Gasteiger partial charge in [-0.1, -0.05) is 0 Å². The van der Waals surface area contributed by atoms with Gasteiger partial charge in [-0.3, -0.25) is 0 Å². The summed E-state index contributed by atoms with van der Waals surface area (Å²) in [6.45, 7) is 5.22. The maximum absolute atomic E-state index is 11.1. The molecule has 0 aromatic heterocycles. The van der Waals surface area contributed by atoms with Crippen molar-refractivity contribution in [3.63, 3.8) is 0 Å². The van der Waals surface area contributed by atoms with E-state index in [1.165, 1.54) is 9.13 Å². The first-order chi connectivity index (χ1) is 7.09. The Morgan fingerprint density at radius 3 is 2.60 bits per heavy atom. The summed E-state index contributed by atoms with van der Waals surface area (Å²) < 4.78 is 7.31. The zero-order chi connectivity index (χ0) is 11.3. The molecular formula is C11H11IO2Sn. The van der Waals surface area contributed by atoms with Crippen LogP contribution in [0.5, 0.6) is 0 Å². The molecule has 4 heteroatoms. The van der Waals surface area contributed by atoms with E-state index in [4.69, 9.17) is 3.07 Å². The van der Waals surface area contributed by atoms with E-state index in [9.17, 15) is 4.79 Å². The summed E-state index contributed by atoms with van der Waals surface area (Å²) in [6, 6.07) is 8.29. The summed E-state index contributed by atoms with van der Waals surface area (Å²) in [5.41, 5.74) is 1.73. The standard InChI is InChI=1S/C7H6I.C4H6O2.Sn/c1-6-2-4-7(8)5-3-6;1-3(2)4(5)6;/h2-5H,1H2;1H2,2H3,(H,5,6);/q;;+1/p-1. The second kappa shape index (κ2) is 6.52. The fourth-order valence-electron chi connectivity index (χ4n) is 0.874. The Morgan fingerprint density at radius 2 is 2.07 bits per heavy atom. The summed E-state index contributed by atoms with van der Waals surface area (Å²) in [7, 11) is 0. The Balaban J connectivity index is 2.35. The fourth-order valence-corrected chi connectivity index (χ4v) is 3.46. The molecule has 0 saturated heterocycles. The predicted molar refractivity (Wildman–Crippen MR) is 69.5 cm³/mol. The van der Waals surface area contributed by atoms with Crippen molar-refractivity contribution in [3.05, 3.63) is 45.6 Å². The molecule has 1 aromatic rings. The van der Waals surface area contributed by atoms with Crippen molar-refractivity contribution in [1.82, 2.24) is 0 Å². The molecule has 0 bridgehead atoms. The molecule has 0 spiro atoms. The second-order valence-electron chi connectivity index (χ2n) is 3.12. The van der Waals surface area contributed by atoms with Gasteiger partial charge < -0.3 is 0 Å². The number of halogens is 1. The van der Waals surface area contributed by atoms with Crippen molar-refractivity contribution in [2.24, 2.45) is 0 Å². The predicted octanol–water partition coefficient (Wildman–Crippen LogP) is 2.53. The van der Waals surface area contributed by atoms with Crippen LogP contribution in [0.15, 0.2) is 36.4 Å². The van der Waals surface area contributed by atoms with Crippen LogP contribution in [-0.2, 0) is 12.3 Å². The molecule has 0 fully saturated rings. The molecule has 15 heavy (non-hydrogen) atoms. The van der Waals surface area contributed by atoms with Crippen molar-refractivity contribution >= 4 is 50.1 Å². The van der Waals surface area contributed by atoms with Gasteiger partial charge >= 0.3 is 115 Å². The molecule has 0 amide bonds. The average molecular weight is 421 g/mol. The molecule has 0 N–H and O–H groups in total. The number of hydrogen-bond acceptors (Lipinski definition) is 2. The molecule has 0 unspecified atom stereocenters. The Labute approximate surface area is 114 Å². The number of carbonyl (C=O) groups is 1. The van der Waals surface area contributed by atoms with Gasteiger partial charge in [-0.05, 0) is 0 Å². The number of rotatable bonds is 4. The fraction of sp³-hybridized carbons (Fsp3) is 0.182. The van der Waals surface area contributed by atoms with Crippen LogP contribution in [-0.4, -0.2) is 27.5 Å². The Hall–Kier alpha value is -0.0413. The minimum absolute atomic E-state index is 0.243. The van der Waals surface area contributed by atoms with Gasteiger partial charge in [0.15, 0.2) is 0 Å². The molecule has 1 rings (SSSR count). The van der Waals surface area contributed by atoms with E-state index >= 15 is 0 Å². The van der Waals surface area contributed by atoms with Crippen molar-refractivity contribution in [2.75, 3.05) is 0 Å². The van der Waals surface area contributed by atoms with Crippen LogP contribution in [0.4, 0.5) is 0 Å². The van der Waals surface area contributed by atoms with Crippen molar-refractivity contribution < 1.29 is 7.87 Å². The van der Waals surface area contributed by atoms with Gasteiger partial charge in [0, 0.05) is 0 Å². The van der Waals surface area contributed by atoms with Crippen LogP contribution < -0.4 is 0 Å². The van der Waals surface area contributed by atoms with Gasteiger partial charge in [-0.15, -0.1) is 0 Å². The van der Waals surface area contributed by atoms with Crippen molar-refractivity contribution in [1.29, 1.82) is 0 Å². The third-order valence-electron chi connectivity index (χ3n) is 1.70. The second-order valence-corrected chi connectivity index (χ2v) is 6.78. The summed E-state index contributed by atoms with van der Waals surface area (Å²) in [5, 5.41) is 0. The third kappa shape index (κ3) is 5.01. The molecule has 78 valence electrons. The van der Waals surface area contributed by atoms with Crippen LogP contribution >= 0.6 is 22.6 Å². The molecule has 0 aliphatic heterocycles. The molecule has 0 saturated carbocycles. The molecular weight excluding hydrogens is 410 g/mol. The topological polar surface area (TPSA) is 26.3 Å². The maximum atomic E-state index is 11.1. The van der Waals surface area contributed by atoms with Crippen LogP contribution in [0.3, 0.4) is 0 Å². The molecule has 0 aliphatic carbocycles. The molecule has 0 aliphatic rings. The van der Waals surface area contributed by atoms with Crippen molar-refractivity contribution in [3.8, 4) is 0 Å². The summed E-state index contributed by atoms with van der Waals surface area (Å²) in [6.07, 6.45) is 0. The van der Waals surface area contributed by atoms with Crippen LogP contribution in [0.2, 0.25) is 0 Å². The zero-order valence-corrected chi connectivity index (χ0v) is 13.4. The van der Waals surface area contributed by atoms with Crippen LogP contribution in [0.1, 0.15) is 12.5 Å². The van der Waals surface area contributed by atoms with E-state index in [1.807, 2.05) is 0 Å². The van der Waals surface area contributed by atoms with Crippen LogP contribution in [0, 0.1) is 3.57 Å². The molecule has 0 atom stereocenters. The molecule has 1 aromatic carbocycles. The van der Waals surface area contributed by atoms with E-state index in [2.05, 4.69) is 53.4 Å². The Kier molecular flexibility index (Phi) is 5.66. The minimum atomic E-state index is -1.07. The van der Waals surface area contributed by atoms with Gasteiger partial charge in [0.1, 0.15) is 0 Å². The molecule has 2 nitrogen and oxygen atoms in total. The van der Waals surface area contributed by atoms with E-state index in [-0.39, 0.29) is 5.97 Å². The Bertz CT molecular complexity index is 359. The average Bonchev–Trinajstić information content (AvgIpc) is 2.20. The quantitative estimate of drug-likeness (QED) is 0.425. The van der Waals surface area contributed by atoms with Crippen molar-refractivity contribution in [2.45, 2.75) is 11.4 Å². The molecule has 2 radical (unpaired) electrons. The Morgan fingerprint density at radius 1 is 1.47 bits per heavy atom. The number of hydrogen-bond donors (Lipinski definition) is 0. The van der Waals surface area contributed by atoms with E-state index in [0.717, 1.165) is 4.44 Å². The summed E-state index contributed by atoms with van der Waals surface area (Å²) >= 11 is 1.20. The van der Waals surface area contributed by atoms with Gasteiger partial charge in [-0.25, -0.2) is 0 Å². The first-order valence-electron chi connectivity index (χ1n) is 4.43. The number of carbonyl (C=O) groups excluding carboxylic acids is 1. The van der Waals surface area contributed by atoms with Gasteiger partial charge in [0.05, 0.1) is 0 Å². The zero-order valence-electron chi connectivity index (χ0n) is 8.42. The summed E-state index contributed by atoms with van der Waals surface area (Å²) in [4.78, 5) is 11.1. The van der Waals surface area contributed by atoms with Gasteiger partial charge in [0.25, 0.3) is 0 Å². The van der Waals surface area contributed by atoms with Gasteiger partial charge in [-0.2, -0.15) is 0 Å². The third-order valence-corrected chi connectivity index (χ3v) is 4.94. The summed E-state index contributed by atoms with van der Waals surface area (Å²) in [5.74, 6) is -0.243. The monoisotopic (exact) mass is 422 g/mol. The molecule has 0 heterocycles.